The van der Waals surface area contributed by atoms with Gasteiger partial charge in [0.05, 0.1) is 23.8 Å². The normalized spacial score (nSPS) is 10.9. The number of benzene rings is 1. The van der Waals surface area contributed by atoms with E-state index in [2.05, 4.69) is 20.7 Å². The summed E-state index contributed by atoms with van der Waals surface area (Å²) >= 11 is 2.98. The fraction of sp³-hybridized carbons (Fsp3) is 0.273. The van der Waals surface area contributed by atoms with E-state index < -0.39 is 17.7 Å². The van der Waals surface area contributed by atoms with Gasteiger partial charge in [-0.05, 0) is 17.7 Å². The lowest BCUT2D eigenvalue weighted by atomic mass is 9.99. The Morgan fingerprint density at radius 2 is 2.11 bits per heavy atom. The summed E-state index contributed by atoms with van der Waals surface area (Å²) in [5, 5.41) is 8.94. The molecule has 0 aliphatic rings. The molecule has 0 radical (unpaired) electrons. The Hall–Kier alpha value is -1.55. The number of hydrogen-bond acceptors (Lipinski definition) is 3. The predicted molar refractivity (Wildman–Crippen MR) is 60.1 cm³/mol. The third-order valence-electron chi connectivity index (χ3n) is 2.21. The zero-order valence-electron chi connectivity index (χ0n) is 9.14. The Labute approximate surface area is 109 Å². The Bertz CT molecular complexity index is 520. The molecule has 7 heteroatoms. The maximum absolute atomic E-state index is 12.6. The first-order chi connectivity index (χ1) is 8.35. The van der Waals surface area contributed by atoms with Crippen LogP contribution in [0.1, 0.15) is 27.0 Å². The molecule has 0 heterocycles. The predicted octanol–water partition coefficient (Wildman–Crippen LogP) is 3.26. The number of rotatable bonds is 2. The highest BCUT2D eigenvalue weighted by Gasteiger charge is 2.33. The van der Waals surface area contributed by atoms with Crippen molar-refractivity contribution in [2.45, 2.75) is 11.5 Å². The van der Waals surface area contributed by atoms with E-state index in [1.807, 2.05) is 0 Å². The van der Waals surface area contributed by atoms with Crippen molar-refractivity contribution in [2.24, 2.45) is 0 Å². The molecule has 96 valence electrons. The molecule has 0 amide bonds. The van der Waals surface area contributed by atoms with Crippen LogP contribution in [0.25, 0.3) is 0 Å². The maximum Gasteiger partial charge on any atom is 0.416 e. The number of halogens is 4. The van der Waals surface area contributed by atoms with Gasteiger partial charge >= 0.3 is 12.1 Å². The highest BCUT2D eigenvalue weighted by Crippen LogP contribution is 2.33. The fourth-order valence-corrected chi connectivity index (χ4v) is 1.82. The summed E-state index contributed by atoms with van der Waals surface area (Å²) in [4.78, 5) is 11.4. The number of nitrogens with zero attached hydrogens (tertiary/aromatic N) is 1. The molecule has 0 atom stereocenters. The van der Waals surface area contributed by atoms with Gasteiger partial charge in [-0.25, -0.2) is 4.79 Å². The molecule has 1 rings (SSSR count). The van der Waals surface area contributed by atoms with Crippen molar-refractivity contribution in [3.63, 3.8) is 0 Å². The van der Waals surface area contributed by atoms with E-state index in [0.29, 0.717) is 6.07 Å². The van der Waals surface area contributed by atoms with Gasteiger partial charge in [-0.2, -0.15) is 18.4 Å². The topological polar surface area (TPSA) is 50.1 Å². The molecule has 18 heavy (non-hydrogen) atoms. The van der Waals surface area contributed by atoms with E-state index >= 15 is 0 Å². The van der Waals surface area contributed by atoms with Crippen LogP contribution < -0.4 is 0 Å². The third kappa shape index (κ3) is 2.82. The van der Waals surface area contributed by atoms with Crippen LogP contribution in [0.2, 0.25) is 0 Å². The zero-order chi connectivity index (χ0) is 13.9. The van der Waals surface area contributed by atoms with E-state index in [9.17, 15) is 18.0 Å². The highest BCUT2D eigenvalue weighted by atomic mass is 79.9. The molecule has 0 N–H and O–H groups in total. The number of ether oxygens (including phenoxy) is 1. The van der Waals surface area contributed by atoms with Crippen molar-refractivity contribution in [2.75, 3.05) is 7.11 Å². The van der Waals surface area contributed by atoms with E-state index in [-0.39, 0.29) is 22.0 Å². The largest absolute Gasteiger partial charge is 0.465 e. The van der Waals surface area contributed by atoms with Crippen molar-refractivity contribution < 1.29 is 22.7 Å². The van der Waals surface area contributed by atoms with E-state index in [1.165, 1.54) is 0 Å². The number of carbonyl (C=O) groups excluding carboxylic acids is 1. The van der Waals surface area contributed by atoms with Crippen molar-refractivity contribution in [1.82, 2.24) is 0 Å². The van der Waals surface area contributed by atoms with Gasteiger partial charge in [0.25, 0.3) is 0 Å². The standard InChI is InChI=1S/C11H7BrF3NO2/c1-18-10(17)8-3-7(11(13,14)15)2-6(4-12)9(8)5-16/h2-3H,4H2,1H3. The van der Waals surface area contributed by atoms with Crippen LogP contribution in [0.4, 0.5) is 13.2 Å². The Morgan fingerprint density at radius 1 is 1.50 bits per heavy atom. The summed E-state index contributed by atoms with van der Waals surface area (Å²) in [7, 11) is 1.04. The van der Waals surface area contributed by atoms with Gasteiger partial charge < -0.3 is 4.74 Å². The molecule has 0 aliphatic carbocycles. The Morgan fingerprint density at radius 3 is 2.50 bits per heavy atom. The second kappa shape index (κ2) is 5.40. The molecular weight excluding hydrogens is 315 g/mol. The van der Waals surface area contributed by atoms with Crippen molar-refractivity contribution in [3.8, 4) is 6.07 Å². The number of carbonyl (C=O) groups is 1. The molecule has 0 spiro atoms. The lowest BCUT2D eigenvalue weighted by Crippen LogP contribution is -2.12. The zero-order valence-corrected chi connectivity index (χ0v) is 10.7. The number of alkyl halides is 4. The minimum atomic E-state index is -4.59. The summed E-state index contributed by atoms with van der Waals surface area (Å²) < 4.78 is 42.3. The van der Waals surface area contributed by atoms with Crippen LogP contribution in [-0.2, 0) is 16.2 Å². The monoisotopic (exact) mass is 321 g/mol. The SMILES string of the molecule is COC(=O)c1cc(C(F)(F)F)cc(CBr)c1C#N. The van der Waals surface area contributed by atoms with Crippen LogP contribution in [0.5, 0.6) is 0 Å². The number of hydrogen-bond donors (Lipinski definition) is 0. The van der Waals surface area contributed by atoms with Gasteiger partial charge in [0.2, 0.25) is 0 Å². The lowest BCUT2D eigenvalue weighted by molar-refractivity contribution is -0.137. The van der Waals surface area contributed by atoms with Crippen LogP contribution in [-0.4, -0.2) is 13.1 Å². The number of nitriles is 1. The second-order valence-corrected chi connectivity index (χ2v) is 3.85. The summed E-state index contributed by atoms with van der Waals surface area (Å²) in [5.41, 5.74) is -1.40. The molecule has 1 aromatic carbocycles. The maximum atomic E-state index is 12.6. The van der Waals surface area contributed by atoms with Crippen LogP contribution in [0.15, 0.2) is 12.1 Å². The molecule has 0 saturated heterocycles. The highest BCUT2D eigenvalue weighted by molar-refractivity contribution is 9.08. The molecule has 0 aliphatic heterocycles. The van der Waals surface area contributed by atoms with Crippen LogP contribution in [0.3, 0.4) is 0 Å². The van der Waals surface area contributed by atoms with Crippen LogP contribution >= 0.6 is 15.9 Å². The second-order valence-electron chi connectivity index (χ2n) is 3.29. The van der Waals surface area contributed by atoms with E-state index in [1.54, 1.807) is 6.07 Å². The molecule has 0 unspecified atom stereocenters. The van der Waals surface area contributed by atoms with Gasteiger partial charge in [-0.3, -0.25) is 0 Å². The molecular formula is C11H7BrF3NO2. The Balaban J connectivity index is 3.57. The van der Waals surface area contributed by atoms with Gasteiger partial charge in [-0.15, -0.1) is 0 Å². The molecule has 0 saturated carbocycles. The minimum Gasteiger partial charge on any atom is -0.465 e. The molecule has 0 aromatic heterocycles. The summed E-state index contributed by atoms with van der Waals surface area (Å²) in [6.07, 6.45) is -4.59. The van der Waals surface area contributed by atoms with Gasteiger partial charge in [-0.1, -0.05) is 15.9 Å². The summed E-state index contributed by atoms with van der Waals surface area (Å²) in [6.45, 7) is 0. The minimum absolute atomic E-state index is 0.0316. The molecule has 1 aromatic rings. The summed E-state index contributed by atoms with van der Waals surface area (Å²) in [5.74, 6) is -0.972. The van der Waals surface area contributed by atoms with Gasteiger partial charge in [0.15, 0.2) is 0 Å². The Kier molecular flexibility index (Phi) is 4.35. The first-order valence-electron chi connectivity index (χ1n) is 4.63. The van der Waals surface area contributed by atoms with E-state index in [0.717, 1.165) is 13.2 Å². The fourth-order valence-electron chi connectivity index (χ4n) is 1.37. The van der Waals surface area contributed by atoms with Gasteiger partial charge in [0, 0.05) is 5.33 Å². The lowest BCUT2D eigenvalue weighted by Gasteiger charge is -2.12. The van der Waals surface area contributed by atoms with Crippen molar-refractivity contribution in [1.29, 1.82) is 5.26 Å². The summed E-state index contributed by atoms with van der Waals surface area (Å²) in [6, 6.07) is 3.17. The average Bonchev–Trinajstić information content (AvgIpc) is 2.34. The number of methoxy groups -OCH3 is 1. The third-order valence-corrected chi connectivity index (χ3v) is 2.81. The quantitative estimate of drug-likeness (QED) is 0.620. The number of esters is 1. The molecule has 0 bridgehead atoms. The van der Waals surface area contributed by atoms with Gasteiger partial charge in [0.1, 0.15) is 6.07 Å². The van der Waals surface area contributed by atoms with Crippen molar-refractivity contribution >= 4 is 21.9 Å². The average molecular weight is 322 g/mol. The van der Waals surface area contributed by atoms with E-state index in [4.69, 9.17) is 5.26 Å². The molecule has 3 nitrogen and oxygen atoms in total. The first kappa shape index (κ1) is 14.5. The molecule has 0 fully saturated rings. The first-order valence-corrected chi connectivity index (χ1v) is 5.75. The smallest absolute Gasteiger partial charge is 0.416 e. The van der Waals surface area contributed by atoms with Crippen LogP contribution in [0, 0.1) is 11.3 Å². The van der Waals surface area contributed by atoms with Crippen molar-refractivity contribution in [3.05, 3.63) is 34.4 Å².